The Balaban J connectivity index is 1.93. The number of ether oxygens (including phenoxy) is 1. The van der Waals surface area contributed by atoms with E-state index in [4.69, 9.17) is 4.74 Å². The summed E-state index contributed by atoms with van der Waals surface area (Å²) in [7, 11) is 0. The number of carbonyl (C=O) groups excluding carboxylic acids is 2. The average molecular weight is 298 g/mol. The van der Waals surface area contributed by atoms with E-state index in [1.54, 1.807) is 30.4 Å². The predicted octanol–water partition coefficient (Wildman–Crippen LogP) is 3.21. The standard InChI is InChI=1S/C17H18N2O3/c1-3-19-15(13-6-5-7-14(13)16(19)20)12-8-10-18(11-9-12)17(21)22-4-2/h3,8-11H,1,4-7H2,2H3. The summed E-state index contributed by atoms with van der Waals surface area (Å²) in [5.41, 5.74) is 3.81. The largest absolute Gasteiger partial charge is 0.449 e. The van der Waals surface area contributed by atoms with Crippen LogP contribution in [-0.2, 0) is 9.53 Å². The normalized spacial score (nSPS) is 20.1. The van der Waals surface area contributed by atoms with Crippen molar-refractivity contribution in [2.75, 3.05) is 6.61 Å². The molecule has 0 unspecified atom stereocenters. The SMILES string of the molecule is C=CN1C(=O)C2=C(CCC2)C1=C1C=CN(C(=O)OCC)C=C1. The van der Waals surface area contributed by atoms with Crippen molar-refractivity contribution in [3.05, 3.63) is 59.7 Å². The summed E-state index contributed by atoms with van der Waals surface area (Å²) in [5.74, 6) is 0.0274. The number of nitrogens with zero attached hydrogens (tertiary/aromatic N) is 2. The Bertz CT molecular complexity index is 651. The van der Waals surface area contributed by atoms with Gasteiger partial charge in [-0.05, 0) is 43.9 Å². The first kappa shape index (κ1) is 14.4. The van der Waals surface area contributed by atoms with Crippen molar-refractivity contribution in [2.24, 2.45) is 0 Å². The van der Waals surface area contributed by atoms with Crippen LogP contribution in [0.5, 0.6) is 0 Å². The van der Waals surface area contributed by atoms with Gasteiger partial charge in [-0.2, -0.15) is 0 Å². The molecular weight excluding hydrogens is 280 g/mol. The lowest BCUT2D eigenvalue weighted by Gasteiger charge is -2.21. The molecule has 0 fully saturated rings. The molecule has 1 aliphatic carbocycles. The number of hydrogen-bond donors (Lipinski definition) is 0. The van der Waals surface area contributed by atoms with Crippen molar-refractivity contribution < 1.29 is 14.3 Å². The molecule has 3 aliphatic rings. The van der Waals surface area contributed by atoms with E-state index in [-0.39, 0.29) is 5.91 Å². The van der Waals surface area contributed by atoms with Crippen molar-refractivity contribution in [3.63, 3.8) is 0 Å². The van der Waals surface area contributed by atoms with E-state index in [2.05, 4.69) is 6.58 Å². The molecule has 0 aromatic carbocycles. The Morgan fingerprint density at radius 2 is 2.00 bits per heavy atom. The highest BCUT2D eigenvalue weighted by Gasteiger charge is 2.37. The third-order valence-corrected chi connectivity index (χ3v) is 3.99. The van der Waals surface area contributed by atoms with Gasteiger partial charge in [0.1, 0.15) is 0 Å². The van der Waals surface area contributed by atoms with Crippen LogP contribution in [0.2, 0.25) is 0 Å². The van der Waals surface area contributed by atoms with Crippen LogP contribution in [0.25, 0.3) is 0 Å². The minimum absolute atomic E-state index is 0.0274. The van der Waals surface area contributed by atoms with Gasteiger partial charge in [-0.25, -0.2) is 4.79 Å². The molecule has 0 saturated heterocycles. The lowest BCUT2D eigenvalue weighted by Crippen LogP contribution is -2.24. The molecule has 0 aromatic heterocycles. The van der Waals surface area contributed by atoms with Crippen LogP contribution in [0.3, 0.4) is 0 Å². The van der Waals surface area contributed by atoms with Crippen molar-refractivity contribution >= 4 is 12.0 Å². The topological polar surface area (TPSA) is 49.9 Å². The molecule has 3 rings (SSSR count). The second kappa shape index (κ2) is 5.67. The van der Waals surface area contributed by atoms with Gasteiger partial charge in [-0.15, -0.1) is 0 Å². The van der Waals surface area contributed by atoms with Crippen molar-refractivity contribution in [1.82, 2.24) is 9.80 Å². The van der Waals surface area contributed by atoms with Crippen LogP contribution in [-0.4, -0.2) is 28.4 Å². The minimum Gasteiger partial charge on any atom is -0.449 e. The van der Waals surface area contributed by atoms with Gasteiger partial charge in [0.15, 0.2) is 0 Å². The van der Waals surface area contributed by atoms with E-state index in [1.165, 1.54) is 4.90 Å². The Labute approximate surface area is 129 Å². The quantitative estimate of drug-likeness (QED) is 0.786. The molecule has 0 atom stereocenters. The van der Waals surface area contributed by atoms with E-state index in [1.807, 2.05) is 12.2 Å². The van der Waals surface area contributed by atoms with Crippen molar-refractivity contribution in [3.8, 4) is 0 Å². The van der Waals surface area contributed by atoms with E-state index >= 15 is 0 Å². The maximum Gasteiger partial charge on any atom is 0.417 e. The molecule has 5 nitrogen and oxygen atoms in total. The monoisotopic (exact) mass is 298 g/mol. The summed E-state index contributed by atoms with van der Waals surface area (Å²) >= 11 is 0. The van der Waals surface area contributed by atoms with Crippen LogP contribution < -0.4 is 0 Å². The molecule has 2 amide bonds. The van der Waals surface area contributed by atoms with Crippen molar-refractivity contribution in [1.29, 1.82) is 0 Å². The fourth-order valence-corrected chi connectivity index (χ4v) is 3.02. The first-order valence-electron chi connectivity index (χ1n) is 7.41. The second-order valence-corrected chi connectivity index (χ2v) is 5.21. The highest BCUT2D eigenvalue weighted by atomic mass is 16.5. The van der Waals surface area contributed by atoms with Gasteiger partial charge in [0.05, 0.1) is 12.3 Å². The molecule has 22 heavy (non-hydrogen) atoms. The molecule has 0 bridgehead atoms. The Morgan fingerprint density at radius 3 is 2.64 bits per heavy atom. The maximum atomic E-state index is 12.4. The molecule has 2 aliphatic heterocycles. The third kappa shape index (κ3) is 2.19. The number of hydrogen-bond acceptors (Lipinski definition) is 3. The first-order chi connectivity index (χ1) is 10.7. The molecule has 5 heteroatoms. The summed E-state index contributed by atoms with van der Waals surface area (Å²) in [6, 6.07) is 0. The van der Waals surface area contributed by atoms with Crippen LogP contribution in [0.1, 0.15) is 26.2 Å². The van der Waals surface area contributed by atoms with E-state index in [0.717, 1.165) is 41.7 Å². The molecule has 0 saturated carbocycles. The zero-order valence-electron chi connectivity index (χ0n) is 12.5. The Kier molecular flexibility index (Phi) is 3.71. The average Bonchev–Trinajstić information content (AvgIpc) is 3.10. The molecule has 0 aromatic rings. The van der Waals surface area contributed by atoms with Gasteiger partial charge in [0.2, 0.25) is 0 Å². The smallest absolute Gasteiger partial charge is 0.417 e. The van der Waals surface area contributed by atoms with Gasteiger partial charge in [0.25, 0.3) is 5.91 Å². The Morgan fingerprint density at radius 1 is 1.32 bits per heavy atom. The maximum absolute atomic E-state index is 12.4. The second-order valence-electron chi connectivity index (χ2n) is 5.21. The molecule has 0 spiro atoms. The molecule has 2 heterocycles. The van der Waals surface area contributed by atoms with Crippen LogP contribution in [0.15, 0.2) is 59.7 Å². The number of amides is 2. The highest BCUT2D eigenvalue weighted by molar-refractivity contribution is 6.02. The minimum atomic E-state index is -0.414. The van der Waals surface area contributed by atoms with Gasteiger partial charge in [0, 0.05) is 29.7 Å². The van der Waals surface area contributed by atoms with Gasteiger partial charge >= 0.3 is 6.09 Å². The summed E-state index contributed by atoms with van der Waals surface area (Å²) in [6.45, 7) is 5.84. The molecule has 114 valence electrons. The lowest BCUT2D eigenvalue weighted by atomic mass is 10.0. The van der Waals surface area contributed by atoms with Crippen LogP contribution in [0.4, 0.5) is 4.79 Å². The summed E-state index contributed by atoms with van der Waals surface area (Å²) in [6.07, 6.45) is 10.9. The van der Waals surface area contributed by atoms with Crippen LogP contribution in [0, 0.1) is 0 Å². The van der Waals surface area contributed by atoms with Gasteiger partial charge in [-0.3, -0.25) is 14.6 Å². The third-order valence-electron chi connectivity index (χ3n) is 3.99. The van der Waals surface area contributed by atoms with Crippen LogP contribution >= 0.6 is 0 Å². The molecular formula is C17H18N2O3. The van der Waals surface area contributed by atoms with E-state index < -0.39 is 6.09 Å². The summed E-state index contributed by atoms with van der Waals surface area (Å²) in [4.78, 5) is 27.0. The summed E-state index contributed by atoms with van der Waals surface area (Å²) < 4.78 is 4.95. The lowest BCUT2D eigenvalue weighted by molar-refractivity contribution is -0.122. The first-order valence-corrected chi connectivity index (χ1v) is 7.41. The number of carbonyl (C=O) groups is 2. The Hall–Kier alpha value is -2.56. The van der Waals surface area contributed by atoms with Gasteiger partial charge in [-0.1, -0.05) is 6.58 Å². The number of allylic oxidation sites excluding steroid dienone is 4. The predicted molar refractivity (Wildman–Crippen MR) is 82.1 cm³/mol. The fraction of sp³-hybridized carbons (Fsp3) is 0.294. The summed E-state index contributed by atoms with van der Waals surface area (Å²) in [5, 5.41) is 0. The fourth-order valence-electron chi connectivity index (χ4n) is 3.02. The number of likely N-dealkylation sites (tertiary alicyclic amines) is 1. The molecule has 0 N–H and O–H groups in total. The van der Waals surface area contributed by atoms with Gasteiger partial charge < -0.3 is 4.74 Å². The zero-order valence-corrected chi connectivity index (χ0v) is 12.5. The van der Waals surface area contributed by atoms with E-state index in [0.29, 0.717) is 6.61 Å². The zero-order chi connectivity index (χ0) is 15.7. The van der Waals surface area contributed by atoms with E-state index in [9.17, 15) is 9.59 Å². The molecule has 0 radical (unpaired) electrons. The van der Waals surface area contributed by atoms with Crippen molar-refractivity contribution in [2.45, 2.75) is 26.2 Å². The highest BCUT2D eigenvalue weighted by Crippen LogP contribution is 2.42. The number of rotatable bonds is 2.